The van der Waals surface area contributed by atoms with Gasteiger partial charge in [-0.25, -0.2) is 4.79 Å². The average Bonchev–Trinajstić information content (AvgIpc) is 3.70. The predicted molar refractivity (Wildman–Crippen MR) is 223 cm³/mol. The van der Waals surface area contributed by atoms with Crippen molar-refractivity contribution in [3.63, 3.8) is 0 Å². The highest BCUT2D eigenvalue weighted by molar-refractivity contribution is 5.97. The van der Waals surface area contributed by atoms with Gasteiger partial charge in [0.05, 0.1) is 12.1 Å². The van der Waals surface area contributed by atoms with Crippen molar-refractivity contribution < 1.29 is 43.8 Å². The Kier molecular flexibility index (Phi) is 22.1. The number of benzene rings is 1. The Balaban J connectivity index is 2.35. The fourth-order valence-electron chi connectivity index (χ4n) is 6.84. The Hall–Kier alpha value is -4.61. The van der Waals surface area contributed by atoms with E-state index in [9.17, 15) is 43.8 Å². The highest BCUT2D eigenvalue weighted by atomic mass is 16.4. The number of nitrogens with two attached hydrogens (primary N) is 1. The van der Waals surface area contributed by atoms with Crippen LogP contribution in [0.4, 0.5) is 0 Å². The van der Waals surface area contributed by atoms with Crippen molar-refractivity contribution >= 4 is 41.4 Å². The summed E-state index contributed by atoms with van der Waals surface area (Å²) in [5, 5.41) is 39.4. The van der Waals surface area contributed by atoms with E-state index in [4.69, 9.17) is 5.73 Å². The fourth-order valence-corrected chi connectivity index (χ4v) is 6.84. The minimum Gasteiger partial charge on any atom is -0.480 e. The van der Waals surface area contributed by atoms with Gasteiger partial charge < -0.3 is 53.2 Å². The molecule has 17 nitrogen and oxygen atoms in total. The first-order valence-electron chi connectivity index (χ1n) is 21.0. The summed E-state index contributed by atoms with van der Waals surface area (Å²) in [7, 11) is 0. The second kappa shape index (κ2) is 25.8. The first kappa shape index (κ1) is 50.5. The van der Waals surface area contributed by atoms with Crippen LogP contribution in [0.25, 0.3) is 0 Å². The molecule has 0 spiro atoms. The van der Waals surface area contributed by atoms with Crippen molar-refractivity contribution in [2.24, 2.45) is 23.5 Å². The molecule has 8 atom stereocenters. The Bertz CT molecular complexity index is 1520. The number of hydrogen-bond donors (Lipinski definition) is 10. The van der Waals surface area contributed by atoms with Crippen molar-refractivity contribution in [1.29, 1.82) is 0 Å². The molecule has 0 bridgehead atoms. The Morgan fingerprint density at radius 2 is 1.12 bits per heavy atom. The van der Waals surface area contributed by atoms with Gasteiger partial charge >= 0.3 is 5.97 Å². The van der Waals surface area contributed by atoms with Crippen LogP contribution in [0, 0.1) is 17.8 Å². The number of aliphatic hydroxyl groups is 1. The molecule has 0 unspecified atom stereocenters. The van der Waals surface area contributed by atoms with E-state index in [2.05, 4.69) is 37.2 Å². The van der Waals surface area contributed by atoms with Crippen LogP contribution >= 0.6 is 0 Å². The number of aliphatic hydroxyl groups excluding tert-OH is 1. The van der Waals surface area contributed by atoms with E-state index in [1.807, 2.05) is 41.5 Å². The van der Waals surface area contributed by atoms with E-state index in [-0.39, 0.29) is 49.9 Å². The van der Waals surface area contributed by atoms with E-state index in [1.165, 1.54) is 6.92 Å². The number of hydrogen-bond acceptors (Lipinski definition) is 10. The van der Waals surface area contributed by atoms with E-state index in [1.54, 1.807) is 30.3 Å². The summed E-state index contributed by atoms with van der Waals surface area (Å²) in [6.07, 6.45) is 1.89. The number of aliphatic carboxylic acids is 1. The van der Waals surface area contributed by atoms with E-state index in [0.29, 0.717) is 37.9 Å². The summed E-state index contributed by atoms with van der Waals surface area (Å²) >= 11 is 0. The zero-order chi connectivity index (χ0) is 44.2. The van der Waals surface area contributed by atoms with Crippen LogP contribution in [0.5, 0.6) is 0 Å². The number of carboxylic acid groups (broad SMARTS) is 1. The van der Waals surface area contributed by atoms with Crippen molar-refractivity contribution in [1.82, 2.24) is 37.2 Å². The second-order valence-corrected chi connectivity index (χ2v) is 16.9. The number of unbranched alkanes of at least 4 members (excludes halogenated alkanes) is 1. The molecule has 17 heteroatoms. The molecular weight excluding hydrogens is 761 g/mol. The van der Waals surface area contributed by atoms with Crippen molar-refractivity contribution in [3.05, 3.63) is 35.9 Å². The summed E-state index contributed by atoms with van der Waals surface area (Å²) in [5.41, 5.74) is 6.27. The Morgan fingerprint density at radius 3 is 1.54 bits per heavy atom. The van der Waals surface area contributed by atoms with Crippen LogP contribution < -0.4 is 43.0 Å². The summed E-state index contributed by atoms with van der Waals surface area (Å²) in [6.45, 7) is 13.5. The molecule has 1 heterocycles. The van der Waals surface area contributed by atoms with E-state index < -0.39 is 89.8 Å². The topological polar surface area (TPSA) is 270 Å². The first-order valence-corrected chi connectivity index (χ1v) is 21.0. The molecule has 1 aromatic carbocycles. The van der Waals surface area contributed by atoms with Crippen LogP contribution in [0.2, 0.25) is 0 Å². The van der Waals surface area contributed by atoms with Crippen molar-refractivity contribution in [2.75, 3.05) is 13.1 Å². The Labute approximate surface area is 348 Å². The molecule has 1 aliphatic heterocycles. The van der Waals surface area contributed by atoms with Gasteiger partial charge in [0.25, 0.3) is 0 Å². The molecule has 0 aliphatic carbocycles. The van der Waals surface area contributed by atoms with Gasteiger partial charge in [0.15, 0.2) is 0 Å². The van der Waals surface area contributed by atoms with Crippen LogP contribution in [-0.2, 0) is 40.0 Å². The molecule has 0 saturated carbocycles. The van der Waals surface area contributed by atoms with Gasteiger partial charge in [-0.1, -0.05) is 71.9 Å². The molecule has 332 valence electrons. The molecule has 1 aliphatic rings. The highest BCUT2D eigenvalue weighted by Crippen LogP contribution is 2.13. The number of amides is 6. The summed E-state index contributed by atoms with van der Waals surface area (Å²) < 4.78 is 0. The smallest absolute Gasteiger partial charge is 0.326 e. The van der Waals surface area contributed by atoms with Gasteiger partial charge in [-0.2, -0.15) is 0 Å². The normalized spacial score (nSPS) is 17.5. The molecule has 1 fully saturated rings. The molecule has 1 aromatic rings. The number of carboxylic acids is 1. The Morgan fingerprint density at radius 1 is 0.661 bits per heavy atom. The summed E-state index contributed by atoms with van der Waals surface area (Å²) in [6, 6.07) is 1.27. The number of rotatable bonds is 26. The summed E-state index contributed by atoms with van der Waals surface area (Å²) in [5.74, 6) is -5.37. The molecule has 0 radical (unpaired) electrons. The van der Waals surface area contributed by atoms with Gasteiger partial charge in [0, 0.05) is 6.42 Å². The lowest BCUT2D eigenvalue weighted by molar-refractivity contribution is -0.142. The maximum atomic E-state index is 14.1. The monoisotopic (exact) mass is 831 g/mol. The van der Waals surface area contributed by atoms with Gasteiger partial charge in [0.2, 0.25) is 35.4 Å². The summed E-state index contributed by atoms with van der Waals surface area (Å²) in [4.78, 5) is 94.0. The van der Waals surface area contributed by atoms with Crippen LogP contribution in [-0.4, -0.2) is 113 Å². The maximum Gasteiger partial charge on any atom is 0.326 e. The molecule has 0 aromatic heterocycles. The molecular formula is C42H70N8O9. The maximum absolute atomic E-state index is 14.1. The van der Waals surface area contributed by atoms with Crippen molar-refractivity contribution in [3.8, 4) is 0 Å². The third-order valence-corrected chi connectivity index (χ3v) is 9.94. The molecule has 2 rings (SSSR count). The lowest BCUT2D eigenvalue weighted by Gasteiger charge is -2.29. The number of nitrogens with one attached hydrogen (secondary N) is 7. The van der Waals surface area contributed by atoms with Crippen LogP contribution in [0.1, 0.15) is 105 Å². The average molecular weight is 831 g/mol. The van der Waals surface area contributed by atoms with Crippen molar-refractivity contribution in [2.45, 2.75) is 155 Å². The standard InChI is InChI=1S/C42H70N8O9/c1-24(2)20-31(37(53)45-30(42(58)59)16-11-12-18-43)47-40(56)34(23-28-14-9-8-10-15-28)48-38(54)32(21-25(3)4)46-39(55)33(22-26(5)6)49-41(57)35(27(7)51)50-36(52)29-17-13-19-44-29/h8-10,14-15,24-27,29-35,44,51H,11-13,16-23,43H2,1-7H3,(H,45,53)(H,46,55)(H,47,56)(H,48,54)(H,49,57)(H,50,52)(H,58,59)/t27-,29+,30+,31+,32+,33+,34+,35+/m1/s1. The van der Waals surface area contributed by atoms with E-state index in [0.717, 1.165) is 6.42 Å². The number of carbonyl (C=O) groups is 7. The third-order valence-electron chi connectivity index (χ3n) is 9.94. The van der Waals surface area contributed by atoms with Gasteiger partial charge in [-0.15, -0.1) is 0 Å². The quantitative estimate of drug-likeness (QED) is 0.0579. The largest absolute Gasteiger partial charge is 0.480 e. The predicted octanol–water partition coefficient (Wildman–Crippen LogP) is 0.623. The third kappa shape index (κ3) is 18.5. The fraction of sp³-hybridized carbons (Fsp3) is 0.690. The SMILES string of the molecule is CC(C)C[C@H](NC(=O)[C@H](Cc1ccccc1)NC(=O)[C@H](CC(C)C)NC(=O)[C@H](CC(C)C)NC(=O)[C@@H](NC(=O)[C@@H]1CCCN1)[C@@H](C)O)C(=O)N[C@@H](CCCCN)C(=O)O. The lowest BCUT2D eigenvalue weighted by atomic mass is 9.98. The van der Waals surface area contributed by atoms with Gasteiger partial charge in [-0.05, 0) is 94.7 Å². The lowest BCUT2D eigenvalue weighted by Crippen LogP contribution is -2.61. The van der Waals surface area contributed by atoms with Gasteiger partial charge in [0.1, 0.15) is 36.3 Å². The van der Waals surface area contributed by atoms with Crippen LogP contribution in [0.15, 0.2) is 30.3 Å². The second-order valence-electron chi connectivity index (χ2n) is 16.9. The zero-order valence-electron chi connectivity index (χ0n) is 35.8. The first-order chi connectivity index (χ1) is 27.8. The molecule has 6 amide bonds. The van der Waals surface area contributed by atoms with Crippen LogP contribution in [0.3, 0.4) is 0 Å². The van der Waals surface area contributed by atoms with Gasteiger partial charge in [-0.3, -0.25) is 28.8 Å². The molecule has 1 saturated heterocycles. The zero-order valence-corrected chi connectivity index (χ0v) is 35.8. The van der Waals surface area contributed by atoms with E-state index >= 15 is 0 Å². The minimum absolute atomic E-state index is 0.0302. The molecule has 59 heavy (non-hydrogen) atoms. The molecule has 11 N–H and O–H groups in total. The highest BCUT2D eigenvalue weighted by Gasteiger charge is 2.36. The number of carbonyl (C=O) groups excluding carboxylic acids is 6. The minimum atomic E-state index is -1.34.